The minimum Gasteiger partial charge on any atom is -0.238 e. The lowest BCUT2D eigenvalue weighted by molar-refractivity contribution is 0.139. The lowest BCUT2D eigenvalue weighted by Gasteiger charge is -2.05. The van der Waals surface area contributed by atoms with Crippen LogP contribution in [-0.4, -0.2) is 13.4 Å². The fourth-order valence-electron chi connectivity index (χ4n) is 0.832. The minimum atomic E-state index is -4.62. The van der Waals surface area contributed by atoms with Crippen LogP contribution in [0.15, 0.2) is 11.2 Å². The van der Waals surface area contributed by atoms with E-state index >= 15 is 0 Å². The molecule has 0 radical (unpaired) electrons. The highest BCUT2D eigenvalue weighted by atomic mass is 35.7. The fraction of sp³-hybridized carbons (Fsp3) is 0.167. The van der Waals surface area contributed by atoms with Crippen LogP contribution >= 0.6 is 10.7 Å². The van der Waals surface area contributed by atoms with Crippen LogP contribution in [0.1, 0.15) is 12.0 Å². The lowest BCUT2D eigenvalue weighted by atomic mass is 10.2. The Hall–Kier alpha value is -0.890. The van der Waals surface area contributed by atoms with E-state index < -0.39 is 37.7 Å². The Labute approximate surface area is 86.1 Å². The van der Waals surface area contributed by atoms with Crippen LogP contribution in [-0.2, 0) is 9.05 Å². The monoisotopic (exact) mass is 263 g/mol. The molecule has 0 saturated carbocycles. The van der Waals surface area contributed by atoms with Gasteiger partial charge in [0.25, 0.3) is 15.5 Å². The van der Waals surface area contributed by atoms with E-state index in [4.69, 9.17) is 10.7 Å². The van der Waals surface area contributed by atoms with Gasteiger partial charge in [-0.1, -0.05) is 0 Å². The van der Waals surface area contributed by atoms with Crippen molar-refractivity contribution in [3.8, 4) is 0 Å². The molecule has 0 aromatic carbocycles. The van der Waals surface area contributed by atoms with Crippen molar-refractivity contribution in [3.05, 3.63) is 23.4 Å². The first kappa shape index (κ1) is 12.2. The first-order valence-corrected chi connectivity index (χ1v) is 5.62. The predicted octanol–water partition coefficient (Wildman–Crippen LogP) is 2.22. The zero-order valence-electron chi connectivity index (χ0n) is 6.72. The van der Waals surface area contributed by atoms with Gasteiger partial charge in [-0.2, -0.15) is 0 Å². The van der Waals surface area contributed by atoms with Crippen LogP contribution in [0.4, 0.5) is 17.6 Å². The summed E-state index contributed by atoms with van der Waals surface area (Å²) in [4.78, 5) is 2.79. The third-order valence-electron chi connectivity index (χ3n) is 1.43. The van der Waals surface area contributed by atoms with Gasteiger partial charge in [0.05, 0.1) is 11.8 Å². The second kappa shape index (κ2) is 3.93. The van der Waals surface area contributed by atoms with Gasteiger partial charge in [-0.05, 0) is 0 Å². The summed E-state index contributed by atoms with van der Waals surface area (Å²) in [5.74, 6) is -3.61. The van der Waals surface area contributed by atoms with Crippen LogP contribution in [0.2, 0.25) is 0 Å². The molecule has 1 aromatic rings. The molecule has 84 valence electrons. The van der Waals surface area contributed by atoms with Crippen LogP contribution in [0.5, 0.6) is 0 Å². The number of hydrogen-bond donors (Lipinski definition) is 0. The van der Waals surface area contributed by atoms with Crippen molar-refractivity contribution < 1.29 is 26.0 Å². The molecule has 0 atom stereocenters. The smallest absolute Gasteiger partial charge is 0.238 e. The molecule has 0 aliphatic rings. The Kier molecular flexibility index (Phi) is 3.19. The number of halogens is 5. The van der Waals surface area contributed by atoms with Crippen molar-refractivity contribution in [2.24, 2.45) is 0 Å². The summed E-state index contributed by atoms with van der Waals surface area (Å²) in [5, 5.41) is -1.42. The summed E-state index contributed by atoms with van der Waals surface area (Å²) in [6.45, 7) is 0. The third-order valence-corrected chi connectivity index (χ3v) is 2.61. The van der Waals surface area contributed by atoms with E-state index in [1.807, 2.05) is 0 Å². The summed E-state index contributed by atoms with van der Waals surface area (Å²) in [7, 11) is 0.0750. The molecule has 0 N–H and O–H groups in total. The fourth-order valence-corrected chi connectivity index (χ4v) is 1.66. The van der Waals surface area contributed by atoms with E-state index in [1.165, 1.54) is 0 Å². The van der Waals surface area contributed by atoms with Gasteiger partial charge in [0, 0.05) is 10.7 Å². The van der Waals surface area contributed by atoms with Gasteiger partial charge in [0.15, 0.2) is 11.6 Å². The van der Waals surface area contributed by atoms with Crippen LogP contribution in [0.25, 0.3) is 0 Å². The van der Waals surface area contributed by atoms with Crippen LogP contribution in [0, 0.1) is 11.6 Å². The average Bonchev–Trinajstić information content (AvgIpc) is 2.00. The van der Waals surface area contributed by atoms with Crippen molar-refractivity contribution in [1.29, 1.82) is 0 Å². The molecule has 1 heterocycles. The maximum absolute atomic E-state index is 13.0. The quantitative estimate of drug-likeness (QED) is 0.607. The SMILES string of the molecule is O=S(=O)(Cl)c1ncc(F)c(C(F)F)c1F. The molecule has 0 amide bonds. The molecule has 1 rings (SSSR count). The Balaban J connectivity index is 3.56. The van der Waals surface area contributed by atoms with Gasteiger partial charge in [-0.15, -0.1) is 0 Å². The molecular formula is C6H2ClF4NO2S. The van der Waals surface area contributed by atoms with Crippen molar-refractivity contribution in [1.82, 2.24) is 4.98 Å². The molecule has 0 fully saturated rings. The number of alkyl halides is 2. The molecule has 0 bridgehead atoms. The summed E-state index contributed by atoms with van der Waals surface area (Å²) in [6.07, 6.45) is -3.33. The van der Waals surface area contributed by atoms with Crippen LogP contribution in [0.3, 0.4) is 0 Å². The molecule has 15 heavy (non-hydrogen) atoms. The van der Waals surface area contributed by atoms with E-state index in [-0.39, 0.29) is 6.20 Å². The maximum atomic E-state index is 13.0. The van der Waals surface area contributed by atoms with E-state index in [9.17, 15) is 26.0 Å². The van der Waals surface area contributed by atoms with E-state index in [2.05, 4.69) is 4.98 Å². The van der Waals surface area contributed by atoms with Crippen molar-refractivity contribution in [2.75, 3.05) is 0 Å². The van der Waals surface area contributed by atoms with Crippen molar-refractivity contribution in [2.45, 2.75) is 11.5 Å². The topological polar surface area (TPSA) is 47.0 Å². The van der Waals surface area contributed by atoms with E-state index in [0.29, 0.717) is 0 Å². The number of hydrogen-bond acceptors (Lipinski definition) is 3. The second-order valence-electron chi connectivity index (χ2n) is 2.38. The van der Waals surface area contributed by atoms with Crippen molar-refractivity contribution in [3.63, 3.8) is 0 Å². The van der Waals surface area contributed by atoms with Gasteiger partial charge in [-0.25, -0.2) is 31.0 Å². The molecule has 1 aromatic heterocycles. The van der Waals surface area contributed by atoms with E-state index in [0.717, 1.165) is 0 Å². The maximum Gasteiger partial charge on any atom is 0.281 e. The Morgan fingerprint density at radius 1 is 1.33 bits per heavy atom. The Morgan fingerprint density at radius 3 is 2.27 bits per heavy atom. The largest absolute Gasteiger partial charge is 0.281 e. The Bertz CT molecular complexity index is 490. The Morgan fingerprint density at radius 2 is 1.87 bits per heavy atom. The first-order chi connectivity index (χ1) is 6.75. The minimum absolute atomic E-state index is 0.167. The zero-order chi connectivity index (χ0) is 11.8. The second-order valence-corrected chi connectivity index (χ2v) is 4.86. The van der Waals surface area contributed by atoms with Gasteiger partial charge in [0.1, 0.15) is 0 Å². The standard InChI is InChI=1S/C6H2ClF4NO2S/c7-15(13,14)6-4(9)3(5(10)11)2(8)1-12-6/h1,5H. The zero-order valence-corrected chi connectivity index (χ0v) is 8.29. The van der Waals surface area contributed by atoms with Gasteiger partial charge < -0.3 is 0 Å². The predicted molar refractivity (Wildman–Crippen MR) is 42.1 cm³/mol. The van der Waals surface area contributed by atoms with Gasteiger partial charge in [-0.3, -0.25) is 0 Å². The summed E-state index contributed by atoms with van der Waals surface area (Å²) in [6, 6.07) is 0. The lowest BCUT2D eigenvalue weighted by Crippen LogP contribution is -2.06. The number of nitrogens with zero attached hydrogens (tertiary/aromatic N) is 1. The molecule has 0 spiro atoms. The number of aromatic nitrogens is 1. The molecular weight excluding hydrogens is 262 g/mol. The number of rotatable bonds is 2. The molecule has 0 unspecified atom stereocenters. The molecule has 9 heteroatoms. The first-order valence-electron chi connectivity index (χ1n) is 3.32. The summed E-state index contributed by atoms with van der Waals surface area (Å²) >= 11 is 0. The third kappa shape index (κ3) is 2.37. The average molecular weight is 264 g/mol. The molecule has 0 aliphatic heterocycles. The molecule has 3 nitrogen and oxygen atoms in total. The molecule has 0 saturated heterocycles. The highest BCUT2D eigenvalue weighted by Gasteiger charge is 2.28. The highest BCUT2D eigenvalue weighted by molar-refractivity contribution is 8.13. The van der Waals surface area contributed by atoms with Gasteiger partial charge >= 0.3 is 0 Å². The molecule has 0 aliphatic carbocycles. The van der Waals surface area contributed by atoms with Crippen LogP contribution < -0.4 is 0 Å². The summed E-state index contributed by atoms with van der Waals surface area (Å²) < 4.78 is 71.2. The highest BCUT2D eigenvalue weighted by Crippen LogP contribution is 2.28. The van der Waals surface area contributed by atoms with Gasteiger partial charge in [0.2, 0.25) is 5.03 Å². The normalized spacial score (nSPS) is 12.1. The summed E-state index contributed by atoms with van der Waals surface area (Å²) in [5.41, 5.74) is -1.66. The van der Waals surface area contributed by atoms with Crippen molar-refractivity contribution >= 4 is 19.7 Å². The number of pyridine rings is 1. The van der Waals surface area contributed by atoms with E-state index in [1.54, 1.807) is 0 Å².